The zero-order valence-electron chi connectivity index (χ0n) is 15.9. The third-order valence-electron chi connectivity index (χ3n) is 4.28. The summed E-state index contributed by atoms with van der Waals surface area (Å²) in [5.74, 6) is 2.53. The molecule has 0 aliphatic rings. The maximum Gasteiger partial charge on any atom is 0.191 e. The van der Waals surface area contributed by atoms with Crippen LogP contribution in [0.1, 0.15) is 43.6 Å². The molecular formula is C21H24FN3OS. The minimum absolute atomic E-state index is 0.220. The topological polar surface area (TPSA) is 39.9 Å². The fraction of sp³-hybridized carbons (Fsp3) is 0.333. The number of nitrogens with zero attached hydrogens (tertiary/aromatic N) is 3. The van der Waals surface area contributed by atoms with E-state index in [4.69, 9.17) is 4.74 Å². The van der Waals surface area contributed by atoms with Crippen LogP contribution in [-0.2, 0) is 18.9 Å². The van der Waals surface area contributed by atoms with Crippen LogP contribution in [0.5, 0.6) is 5.75 Å². The maximum absolute atomic E-state index is 13.3. The minimum atomic E-state index is -0.220. The van der Waals surface area contributed by atoms with Crippen LogP contribution in [-0.4, -0.2) is 14.8 Å². The van der Waals surface area contributed by atoms with Gasteiger partial charge < -0.3 is 9.30 Å². The fourth-order valence-electron chi connectivity index (χ4n) is 2.72. The van der Waals surface area contributed by atoms with Gasteiger partial charge in [0.05, 0.1) is 0 Å². The number of aromatic nitrogens is 3. The third kappa shape index (κ3) is 5.10. The predicted octanol–water partition coefficient (Wildman–Crippen LogP) is 5.43. The Morgan fingerprint density at radius 3 is 2.56 bits per heavy atom. The van der Waals surface area contributed by atoms with E-state index < -0.39 is 0 Å². The van der Waals surface area contributed by atoms with Gasteiger partial charge in [-0.15, -0.1) is 10.2 Å². The van der Waals surface area contributed by atoms with E-state index in [9.17, 15) is 4.39 Å². The summed E-state index contributed by atoms with van der Waals surface area (Å²) in [5, 5.41) is 9.36. The molecule has 1 heterocycles. The van der Waals surface area contributed by atoms with Gasteiger partial charge in [0.2, 0.25) is 0 Å². The molecule has 0 saturated heterocycles. The summed E-state index contributed by atoms with van der Waals surface area (Å²) in [6.45, 7) is 7.51. The quantitative estimate of drug-likeness (QED) is 0.485. The molecule has 0 radical (unpaired) electrons. The molecule has 0 unspecified atom stereocenters. The first-order valence-electron chi connectivity index (χ1n) is 9.09. The van der Waals surface area contributed by atoms with Gasteiger partial charge in [0, 0.05) is 12.3 Å². The molecule has 0 saturated carbocycles. The van der Waals surface area contributed by atoms with Crippen molar-refractivity contribution in [2.24, 2.45) is 0 Å². The van der Waals surface area contributed by atoms with Crippen molar-refractivity contribution in [1.29, 1.82) is 0 Å². The standard InChI is InChI=1S/C21H24FN3OS/c1-4-25-20(13-26-19-10-8-17(9-11-19)15(2)3)23-24-21(25)27-14-16-6-5-7-18(22)12-16/h5-12,15H,4,13-14H2,1-3H3. The lowest BCUT2D eigenvalue weighted by atomic mass is 10.0. The number of ether oxygens (including phenoxy) is 1. The summed E-state index contributed by atoms with van der Waals surface area (Å²) in [7, 11) is 0. The van der Waals surface area contributed by atoms with Gasteiger partial charge in [0.15, 0.2) is 11.0 Å². The predicted molar refractivity (Wildman–Crippen MR) is 107 cm³/mol. The first-order valence-corrected chi connectivity index (χ1v) is 10.1. The monoisotopic (exact) mass is 385 g/mol. The SMILES string of the molecule is CCn1c(COc2ccc(C(C)C)cc2)nnc1SCc1cccc(F)c1. The van der Waals surface area contributed by atoms with Gasteiger partial charge in [-0.3, -0.25) is 0 Å². The molecule has 6 heteroatoms. The second-order valence-corrected chi connectivity index (χ2v) is 7.52. The largest absolute Gasteiger partial charge is 0.486 e. The Hall–Kier alpha value is -2.34. The van der Waals surface area contributed by atoms with Gasteiger partial charge in [-0.05, 0) is 48.2 Å². The lowest BCUT2D eigenvalue weighted by Gasteiger charge is -2.10. The molecule has 2 aromatic carbocycles. The zero-order chi connectivity index (χ0) is 19.2. The number of benzene rings is 2. The van der Waals surface area contributed by atoms with Crippen molar-refractivity contribution in [3.63, 3.8) is 0 Å². The average molecular weight is 386 g/mol. The van der Waals surface area contributed by atoms with E-state index in [1.165, 1.54) is 11.6 Å². The maximum atomic E-state index is 13.3. The van der Waals surface area contributed by atoms with Crippen LogP contribution >= 0.6 is 11.8 Å². The van der Waals surface area contributed by atoms with Gasteiger partial charge in [-0.25, -0.2) is 4.39 Å². The van der Waals surface area contributed by atoms with Crippen LogP contribution < -0.4 is 4.74 Å². The van der Waals surface area contributed by atoms with Crippen LogP contribution in [0.15, 0.2) is 53.7 Å². The molecule has 27 heavy (non-hydrogen) atoms. The van der Waals surface area contributed by atoms with Crippen molar-refractivity contribution in [2.75, 3.05) is 0 Å². The van der Waals surface area contributed by atoms with Gasteiger partial charge in [0.1, 0.15) is 18.2 Å². The molecule has 0 N–H and O–H groups in total. The molecule has 4 nitrogen and oxygen atoms in total. The molecule has 0 aliphatic carbocycles. The van der Waals surface area contributed by atoms with Crippen LogP contribution in [0.4, 0.5) is 4.39 Å². The molecule has 0 atom stereocenters. The van der Waals surface area contributed by atoms with Crippen LogP contribution in [0, 0.1) is 5.82 Å². The van der Waals surface area contributed by atoms with Crippen molar-refractivity contribution in [2.45, 2.75) is 50.8 Å². The average Bonchev–Trinajstić information content (AvgIpc) is 3.07. The highest BCUT2D eigenvalue weighted by atomic mass is 32.2. The molecule has 142 valence electrons. The number of halogens is 1. The molecule has 0 fully saturated rings. The van der Waals surface area contributed by atoms with E-state index in [1.807, 2.05) is 22.8 Å². The van der Waals surface area contributed by atoms with Crippen molar-refractivity contribution in [1.82, 2.24) is 14.8 Å². The van der Waals surface area contributed by atoms with E-state index in [0.29, 0.717) is 18.3 Å². The van der Waals surface area contributed by atoms with E-state index in [1.54, 1.807) is 23.9 Å². The molecule has 3 aromatic rings. The highest BCUT2D eigenvalue weighted by Gasteiger charge is 2.12. The van der Waals surface area contributed by atoms with Crippen LogP contribution in [0.2, 0.25) is 0 Å². The van der Waals surface area contributed by atoms with E-state index >= 15 is 0 Å². The van der Waals surface area contributed by atoms with E-state index in [0.717, 1.165) is 28.8 Å². The van der Waals surface area contributed by atoms with Gasteiger partial charge in [-0.2, -0.15) is 0 Å². The number of hydrogen-bond donors (Lipinski definition) is 0. The molecule has 0 bridgehead atoms. The third-order valence-corrected chi connectivity index (χ3v) is 5.32. The summed E-state index contributed by atoms with van der Waals surface area (Å²) in [6, 6.07) is 14.8. The highest BCUT2D eigenvalue weighted by molar-refractivity contribution is 7.98. The van der Waals surface area contributed by atoms with Crippen LogP contribution in [0.3, 0.4) is 0 Å². The van der Waals surface area contributed by atoms with Crippen LogP contribution in [0.25, 0.3) is 0 Å². The Morgan fingerprint density at radius 1 is 1.11 bits per heavy atom. The Morgan fingerprint density at radius 2 is 1.89 bits per heavy atom. The number of hydrogen-bond acceptors (Lipinski definition) is 4. The van der Waals surface area contributed by atoms with E-state index in [2.05, 4.69) is 43.1 Å². The van der Waals surface area contributed by atoms with E-state index in [-0.39, 0.29) is 5.82 Å². The molecule has 0 aliphatic heterocycles. The normalized spacial score (nSPS) is 11.1. The molecule has 0 amide bonds. The summed E-state index contributed by atoms with van der Waals surface area (Å²) < 4.78 is 21.2. The highest BCUT2D eigenvalue weighted by Crippen LogP contribution is 2.23. The van der Waals surface area contributed by atoms with Crippen molar-refractivity contribution in [3.8, 4) is 5.75 Å². The second-order valence-electron chi connectivity index (χ2n) is 6.57. The van der Waals surface area contributed by atoms with Crippen molar-refractivity contribution < 1.29 is 9.13 Å². The lowest BCUT2D eigenvalue weighted by molar-refractivity contribution is 0.288. The molecule has 1 aromatic heterocycles. The first kappa shape index (κ1) is 19.4. The smallest absolute Gasteiger partial charge is 0.191 e. The lowest BCUT2D eigenvalue weighted by Crippen LogP contribution is -2.07. The Bertz CT molecular complexity index is 877. The Balaban J connectivity index is 1.63. The second kappa shape index (κ2) is 9.04. The zero-order valence-corrected chi connectivity index (χ0v) is 16.7. The minimum Gasteiger partial charge on any atom is -0.486 e. The first-order chi connectivity index (χ1) is 13.1. The number of rotatable bonds is 8. The Labute approximate surface area is 163 Å². The van der Waals surface area contributed by atoms with Crippen molar-refractivity contribution >= 4 is 11.8 Å². The summed E-state index contributed by atoms with van der Waals surface area (Å²) in [5.41, 5.74) is 2.21. The fourth-order valence-corrected chi connectivity index (χ4v) is 3.69. The van der Waals surface area contributed by atoms with Crippen molar-refractivity contribution in [3.05, 3.63) is 71.3 Å². The molecule has 0 spiro atoms. The molecule has 3 rings (SSSR count). The summed E-state index contributed by atoms with van der Waals surface area (Å²) >= 11 is 1.55. The van der Waals surface area contributed by atoms with Gasteiger partial charge >= 0.3 is 0 Å². The number of thioether (sulfide) groups is 1. The Kier molecular flexibility index (Phi) is 6.50. The summed E-state index contributed by atoms with van der Waals surface area (Å²) in [4.78, 5) is 0. The van der Waals surface area contributed by atoms with Gasteiger partial charge in [0.25, 0.3) is 0 Å². The summed E-state index contributed by atoms with van der Waals surface area (Å²) in [6.07, 6.45) is 0. The molecular weight excluding hydrogens is 361 g/mol. The van der Waals surface area contributed by atoms with Gasteiger partial charge in [-0.1, -0.05) is 49.9 Å².